The number of anilines is 2. The van der Waals surface area contributed by atoms with E-state index in [1.807, 2.05) is 31.2 Å². The molecule has 3 aromatic carbocycles. The Morgan fingerprint density at radius 3 is 2.15 bits per heavy atom. The van der Waals surface area contributed by atoms with Crippen molar-refractivity contribution in [2.45, 2.75) is 74.9 Å². The Morgan fingerprint density at radius 1 is 0.975 bits per heavy atom. The molecular weight excluding hydrogens is 539 g/mol. The minimum Gasteiger partial charge on any atom is -0.406 e. The van der Waals surface area contributed by atoms with Crippen LogP contribution in [-0.4, -0.2) is 40.4 Å². The smallest absolute Gasteiger partial charge is 0.406 e. The van der Waals surface area contributed by atoms with Crippen molar-refractivity contribution >= 4 is 21.3 Å². The number of hydrogen-bond acceptors (Lipinski definition) is 5. The summed E-state index contributed by atoms with van der Waals surface area (Å²) in [6.07, 6.45) is -1.13. The highest BCUT2D eigenvalue weighted by molar-refractivity contribution is 7.91. The quantitative estimate of drug-likeness (QED) is 0.336. The summed E-state index contributed by atoms with van der Waals surface area (Å²) in [6.45, 7) is 2.20. The van der Waals surface area contributed by atoms with E-state index in [1.54, 1.807) is 0 Å². The maximum atomic E-state index is 14.2. The van der Waals surface area contributed by atoms with Crippen molar-refractivity contribution in [3.8, 4) is 5.75 Å². The molecule has 214 valence electrons. The second-order valence-corrected chi connectivity index (χ2v) is 12.3. The molecule has 0 spiro atoms. The molecule has 0 bridgehead atoms. The average Bonchev–Trinajstić information content (AvgIpc) is 3.10. The van der Waals surface area contributed by atoms with Gasteiger partial charge in [0, 0.05) is 24.0 Å². The van der Waals surface area contributed by atoms with Gasteiger partial charge >= 0.3 is 6.36 Å². The first kappa shape index (κ1) is 28.4. The number of hydrogen-bond donors (Lipinski definition) is 2. The molecule has 40 heavy (non-hydrogen) atoms. The third-order valence-corrected chi connectivity index (χ3v) is 9.58. The fraction of sp³-hybridized carbons (Fsp3) is 0.400. The molecule has 0 amide bonds. The molecule has 4 atom stereocenters. The van der Waals surface area contributed by atoms with Crippen molar-refractivity contribution in [3.05, 3.63) is 83.9 Å². The summed E-state index contributed by atoms with van der Waals surface area (Å²) < 4.78 is 63.8. The van der Waals surface area contributed by atoms with Gasteiger partial charge in [-0.3, -0.25) is 0 Å². The average molecular weight is 574 g/mol. The van der Waals surface area contributed by atoms with Gasteiger partial charge in [0.15, 0.2) is 0 Å². The molecule has 1 heterocycles. The van der Waals surface area contributed by atoms with Gasteiger partial charge in [0.05, 0.1) is 17.0 Å². The number of rotatable bonds is 7. The number of fused-ring (bicyclic) bond motifs is 2. The van der Waals surface area contributed by atoms with Gasteiger partial charge in [0.1, 0.15) is 15.7 Å². The van der Waals surface area contributed by atoms with Gasteiger partial charge in [0.2, 0.25) is 0 Å². The number of halogens is 3. The molecule has 2 aliphatic rings. The van der Waals surface area contributed by atoms with E-state index >= 15 is 0 Å². The van der Waals surface area contributed by atoms with Crippen LogP contribution < -0.4 is 14.4 Å². The monoisotopic (exact) mass is 573 g/mol. The molecule has 0 radical (unpaired) electrons. The zero-order valence-electron chi connectivity index (χ0n) is 22.3. The van der Waals surface area contributed by atoms with E-state index in [4.69, 9.17) is 0 Å². The predicted molar refractivity (Wildman–Crippen MR) is 150 cm³/mol. The van der Waals surface area contributed by atoms with Gasteiger partial charge in [-0.25, -0.2) is 13.3 Å². The van der Waals surface area contributed by atoms with Crippen molar-refractivity contribution < 1.29 is 27.2 Å². The number of aliphatic hydroxyl groups is 1. The standard InChI is InChI=1S/C30H34F3N3O3S/c1-2-20-34-40(38,24-18-16-23(17-19-24)39-30(31,32)33)35-25-10-7-13-28(29(25)37)36-26-11-5-3-8-21(26)14-15-22-9-4-6-12-27(22)36/h3-6,8-9,11-12,16-19,25,28-29,37H,2,7,10,13-15,20H2,1H3,(H,34,35,38)/t25-,28-,29+,40?/m0/s1. The number of aliphatic hydroxyl groups excluding tert-OH is 1. The number of para-hydroxylation sites is 2. The molecule has 3 aromatic rings. The maximum absolute atomic E-state index is 14.2. The molecule has 6 nitrogen and oxygen atoms in total. The van der Waals surface area contributed by atoms with Crippen LogP contribution in [0.15, 0.2) is 82.1 Å². The summed E-state index contributed by atoms with van der Waals surface area (Å²) in [4.78, 5) is 2.49. The van der Waals surface area contributed by atoms with Crippen LogP contribution in [0, 0.1) is 0 Å². The number of ether oxygens (including phenoxy) is 1. The second-order valence-electron chi connectivity index (χ2n) is 10.2. The Kier molecular flexibility index (Phi) is 8.39. The van der Waals surface area contributed by atoms with Crippen molar-refractivity contribution in [1.82, 2.24) is 4.72 Å². The van der Waals surface area contributed by atoms with Crippen molar-refractivity contribution in [3.63, 3.8) is 0 Å². The number of aryl methyl sites for hydroxylation is 2. The van der Waals surface area contributed by atoms with Gasteiger partial charge in [-0.15, -0.1) is 13.2 Å². The van der Waals surface area contributed by atoms with Crippen LogP contribution in [0.3, 0.4) is 0 Å². The lowest BCUT2D eigenvalue weighted by Gasteiger charge is -2.43. The topological polar surface area (TPSA) is 74.2 Å². The zero-order chi connectivity index (χ0) is 28.3. The summed E-state index contributed by atoms with van der Waals surface area (Å²) in [6, 6.07) is 20.6. The highest BCUT2D eigenvalue weighted by Gasteiger charge is 2.39. The molecule has 1 fully saturated rings. The zero-order valence-corrected chi connectivity index (χ0v) is 23.1. The number of benzene rings is 3. The van der Waals surface area contributed by atoms with Gasteiger partial charge in [-0.1, -0.05) is 43.3 Å². The largest absolute Gasteiger partial charge is 0.573 e. The van der Waals surface area contributed by atoms with Gasteiger partial charge in [-0.05, 0) is 86.1 Å². The number of alkyl halides is 3. The van der Waals surface area contributed by atoms with Gasteiger partial charge in [-0.2, -0.15) is 0 Å². The van der Waals surface area contributed by atoms with E-state index < -0.39 is 34.2 Å². The van der Waals surface area contributed by atoms with E-state index in [-0.39, 0.29) is 10.9 Å². The molecule has 1 unspecified atom stereocenters. The van der Waals surface area contributed by atoms with Gasteiger partial charge < -0.3 is 14.7 Å². The minimum absolute atomic E-state index is 0.246. The molecule has 2 N–H and O–H groups in total. The second kappa shape index (κ2) is 11.8. The molecule has 0 saturated heterocycles. The third-order valence-electron chi connectivity index (χ3n) is 7.50. The molecule has 1 saturated carbocycles. The van der Waals surface area contributed by atoms with Crippen LogP contribution in [0.2, 0.25) is 0 Å². The van der Waals surface area contributed by atoms with E-state index in [1.165, 1.54) is 23.3 Å². The third kappa shape index (κ3) is 6.14. The lowest BCUT2D eigenvalue weighted by atomic mass is 9.86. The predicted octanol–water partition coefficient (Wildman–Crippen LogP) is 6.55. The minimum atomic E-state index is -4.82. The van der Waals surface area contributed by atoms with Crippen molar-refractivity contribution in [2.24, 2.45) is 4.36 Å². The first-order chi connectivity index (χ1) is 19.2. The van der Waals surface area contributed by atoms with Crippen LogP contribution in [-0.2, 0) is 22.8 Å². The number of nitrogens with zero attached hydrogens (tertiary/aromatic N) is 2. The molecule has 1 aliphatic heterocycles. The lowest BCUT2D eigenvalue weighted by Crippen LogP contribution is -2.55. The van der Waals surface area contributed by atoms with E-state index in [9.17, 15) is 22.5 Å². The van der Waals surface area contributed by atoms with Crippen LogP contribution in [0.4, 0.5) is 24.5 Å². The van der Waals surface area contributed by atoms with Crippen molar-refractivity contribution in [1.29, 1.82) is 0 Å². The van der Waals surface area contributed by atoms with Crippen molar-refractivity contribution in [2.75, 3.05) is 11.4 Å². The Morgan fingerprint density at radius 2 is 1.57 bits per heavy atom. The summed E-state index contributed by atoms with van der Waals surface area (Å²) in [5, 5.41) is 11.8. The molecular formula is C30H34F3N3O3S. The van der Waals surface area contributed by atoms with E-state index in [0.29, 0.717) is 19.4 Å². The highest BCUT2D eigenvalue weighted by atomic mass is 32.2. The van der Waals surface area contributed by atoms with Crippen LogP contribution in [0.25, 0.3) is 0 Å². The highest BCUT2D eigenvalue weighted by Crippen LogP contribution is 2.41. The van der Waals surface area contributed by atoms with Crippen LogP contribution in [0.5, 0.6) is 5.75 Å². The molecule has 0 aromatic heterocycles. The first-order valence-corrected chi connectivity index (χ1v) is 15.2. The molecule has 5 rings (SSSR count). The summed E-state index contributed by atoms with van der Waals surface area (Å²) in [5.74, 6) is -0.398. The Bertz CT molecular complexity index is 1390. The van der Waals surface area contributed by atoms with Crippen LogP contribution >= 0.6 is 0 Å². The van der Waals surface area contributed by atoms with E-state index in [2.05, 4.69) is 43.0 Å². The summed E-state index contributed by atoms with van der Waals surface area (Å²) >= 11 is 0. The fourth-order valence-electron chi connectivity index (χ4n) is 5.67. The maximum Gasteiger partial charge on any atom is 0.573 e. The van der Waals surface area contributed by atoms with Crippen LogP contribution in [0.1, 0.15) is 43.7 Å². The summed E-state index contributed by atoms with van der Waals surface area (Å²) in [5.41, 5.74) is 4.55. The van der Waals surface area contributed by atoms with E-state index in [0.717, 1.165) is 49.2 Å². The van der Waals surface area contributed by atoms with Gasteiger partial charge in [0.25, 0.3) is 0 Å². The Balaban J connectivity index is 1.46. The lowest BCUT2D eigenvalue weighted by molar-refractivity contribution is -0.274. The summed E-state index contributed by atoms with van der Waals surface area (Å²) in [7, 11) is -3.25. The SMILES string of the molecule is CCCN=S(=O)(N[C@H]1CCC[C@H](N2c3ccccc3CCc3ccccc32)[C@@H]1O)c1ccc(OC(F)(F)F)cc1. The normalized spacial score (nSPS) is 22.4. The first-order valence-electron chi connectivity index (χ1n) is 13.7. The number of nitrogens with one attached hydrogen (secondary N) is 1. The Hall–Kier alpha value is -3.08. The Labute approximate surface area is 233 Å². The molecule has 1 aliphatic carbocycles. The fourth-order valence-corrected chi connectivity index (χ4v) is 7.64. The molecule has 10 heteroatoms.